The van der Waals surface area contributed by atoms with Gasteiger partial charge < -0.3 is 11.1 Å². The van der Waals surface area contributed by atoms with Gasteiger partial charge in [0.25, 0.3) is 0 Å². The Kier molecular flexibility index (Phi) is 2.77. The van der Waals surface area contributed by atoms with Gasteiger partial charge in [-0.2, -0.15) is 0 Å². The van der Waals surface area contributed by atoms with Gasteiger partial charge in [-0.15, -0.1) is 11.3 Å². The number of nitrogen functional groups attached to an aromatic ring is 1. The molecule has 1 aromatic carbocycles. The summed E-state index contributed by atoms with van der Waals surface area (Å²) in [7, 11) is 0. The molecule has 90 valence electrons. The smallest absolute Gasteiger partial charge is 0.169 e. The molecule has 0 saturated heterocycles. The monoisotopic (exact) mass is 257 g/mol. The number of hydrogen-bond acceptors (Lipinski definition) is 6. The first-order chi connectivity index (χ1) is 8.83. The molecule has 3 rings (SSSR count). The molecule has 2 aromatic heterocycles. The van der Waals surface area contributed by atoms with E-state index >= 15 is 0 Å². The fraction of sp³-hybridized carbons (Fsp3) is 0.0833. The van der Waals surface area contributed by atoms with Crippen LogP contribution in [0.25, 0.3) is 11.0 Å². The van der Waals surface area contributed by atoms with Crippen LogP contribution in [0, 0.1) is 0 Å². The van der Waals surface area contributed by atoms with Gasteiger partial charge in [-0.1, -0.05) is 12.1 Å². The van der Waals surface area contributed by atoms with E-state index in [1.54, 1.807) is 17.5 Å². The number of hydrogen-bond donors (Lipinski definition) is 2. The van der Waals surface area contributed by atoms with Crippen molar-refractivity contribution >= 4 is 34.0 Å². The van der Waals surface area contributed by atoms with E-state index in [9.17, 15) is 0 Å². The number of fused-ring (bicyclic) bond motifs is 1. The highest BCUT2D eigenvalue weighted by atomic mass is 32.1. The summed E-state index contributed by atoms with van der Waals surface area (Å²) in [6.45, 7) is 0.606. The Morgan fingerprint density at radius 1 is 1.17 bits per heavy atom. The van der Waals surface area contributed by atoms with Crippen molar-refractivity contribution in [2.45, 2.75) is 6.54 Å². The number of aromatic nitrogens is 3. The predicted octanol–water partition coefficient (Wildman–Crippen LogP) is 2.28. The molecule has 0 aliphatic heterocycles. The van der Waals surface area contributed by atoms with Crippen molar-refractivity contribution in [1.82, 2.24) is 15.0 Å². The van der Waals surface area contributed by atoms with Gasteiger partial charge in [-0.25, -0.2) is 15.0 Å². The molecule has 0 aliphatic rings. The van der Waals surface area contributed by atoms with Crippen LogP contribution in [-0.4, -0.2) is 15.0 Å². The molecule has 0 bridgehead atoms. The fourth-order valence-corrected chi connectivity index (χ4v) is 2.20. The number of nitrogens with one attached hydrogen (secondary N) is 1. The quantitative estimate of drug-likeness (QED) is 0.752. The van der Waals surface area contributed by atoms with Crippen LogP contribution in [0.15, 0.2) is 35.8 Å². The zero-order chi connectivity index (χ0) is 12.4. The summed E-state index contributed by atoms with van der Waals surface area (Å²) in [5.74, 6) is 1.01. The molecule has 3 N–H and O–H groups in total. The van der Waals surface area contributed by atoms with E-state index in [4.69, 9.17) is 5.73 Å². The van der Waals surface area contributed by atoms with Crippen LogP contribution in [0.3, 0.4) is 0 Å². The Balaban J connectivity index is 1.89. The van der Waals surface area contributed by atoms with E-state index in [0.29, 0.717) is 18.2 Å². The molecule has 6 heteroatoms. The summed E-state index contributed by atoms with van der Waals surface area (Å²) in [6.07, 6.45) is 1.77. The maximum Gasteiger partial charge on any atom is 0.169 e. The molecule has 0 unspecified atom stereocenters. The lowest BCUT2D eigenvalue weighted by molar-refractivity contribution is 1.08. The van der Waals surface area contributed by atoms with Gasteiger partial charge in [0, 0.05) is 11.6 Å². The molecule has 0 fully saturated rings. The molecular formula is C12H11N5S. The van der Waals surface area contributed by atoms with E-state index in [-0.39, 0.29) is 0 Å². The molecule has 3 aromatic rings. The van der Waals surface area contributed by atoms with Gasteiger partial charge in [-0.05, 0) is 12.1 Å². The standard InChI is InChI=1S/C12H11N5S/c13-11-12(15-7-10-14-5-6-18-10)17-9-4-2-1-3-8(9)16-11/h1-6H,7H2,(H2,13,16)(H,15,17). The minimum Gasteiger partial charge on any atom is -0.381 e. The molecular weight excluding hydrogens is 246 g/mol. The van der Waals surface area contributed by atoms with Crippen LogP contribution in [0.2, 0.25) is 0 Å². The highest BCUT2D eigenvalue weighted by molar-refractivity contribution is 7.09. The maximum absolute atomic E-state index is 5.87. The Labute approximate surface area is 108 Å². The number of rotatable bonds is 3. The Bertz CT molecular complexity index is 665. The molecule has 5 nitrogen and oxygen atoms in total. The third kappa shape index (κ3) is 2.10. The first kappa shape index (κ1) is 10.9. The van der Waals surface area contributed by atoms with Crippen LogP contribution in [-0.2, 0) is 6.54 Å². The largest absolute Gasteiger partial charge is 0.381 e. The second kappa shape index (κ2) is 4.58. The number of nitrogens with zero attached hydrogens (tertiary/aromatic N) is 3. The second-order valence-electron chi connectivity index (χ2n) is 3.73. The minimum absolute atomic E-state index is 0.408. The summed E-state index contributed by atoms with van der Waals surface area (Å²) < 4.78 is 0. The zero-order valence-corrected chi connectivity index (χ0v) is 10.3. The molecule has 0 spiro atoms. The molecule has 0 aliphatic carbocycles. The Morgan fingerprint density at radius 2 is 1.94 bits per heavy atom. The van der Waals surface area contributed by atoms with Crippen LogP contribution in [0.4, 0.5) is 11.6 Å². The highest BCUT2D eigenvalue weighted by Crippen LogP contribution is 2.19. The van der Waals surface area contributed by atoms with Crippen molar-refractivity contribution in [2.24, 2.45) is 0 Å². The molecule has 0 atom stereocenters. The minimum atomic E-state index is 0.408. The number of nitrogens with two attached hydrogens (primary N) is 1. The Hall–Kier alpha value is -2.21. The van der Waals surface area contributed by atoms with Gasteiger partial charge >= 0.3 is 0 Å². The summed E-state index contributed by atoms with van der Waals surface area (Å²) in [5.41, 5.74) is 7.50. The second-order valence-corrected chi connectivity index (χ2v) is 4.70. The Morgan fingerprint density at radius 3 is 2.67 bits per heavy atom. The third-order valence-corrected chi connectivity index (χ3v) is 3.27. The van der Waals surface area contributed by atoms with Crippen molar-refractivity contribution in [3.05, 3.63) is 40.8 Å². The molecule has 0 radical (unpaired) electrons. The third-order valence-electron chi connectivity index (χ3n) is 2.49. The van der Waals surface area contributed by atoms with E-state index in [1.807, 2.05) is 29.6 Å². The first-order valence-electron chi connectivity index (χ1n) is 5.47. The average Bonchev–Trinajstić information content (AvgIpc) is 2.89. The van der Waals surface area contributed by atoms with Crippen LogP contribution in [0.5, 0.6) is 0 Å². The van der Waals surface area contributed by atoms with Gasteiger partial charge in [0.15, 0.2) is 11.6 Å². The van der Waals surface area contributed by atoms with Crippen molar-refractivity contribution < 1.29 is 0 Å². The van der Waals surface area contributed by atoms with Crippen molar-refractivity contribution in [3.63, 3.8) is 0 Å². The van der Waals surface area contributed by atoms with Crippen molar-refractivity contribution in [3.8, 4) is 0 Å². The number of para-hydroxylation sites is 2. The number of benzene rings is 1. The maximum atomic E-state index is 5.87. The van der Waals surface area contributed by atoms with Gasteiger partial charge in [-0.3, -0.25) is 0 Å². The summed E-state index contributed by atoms with van der Waals surface area (Å²) in [6, 6.07) is 7.65. The van der Waals surface area contributed by atoms with Crippen LogP contribution < -0.4 is 11.1 Å². The average molecular weight is 257 g/mol. The van der Waals surface area contributed by atoms with E-state index < -0.39 is 0 Å². The van der Waals surface area contributed by atoms with Crippen LogP contribution >= 0.6 is 11.3 Å². The summed E-state index contributed by atoms with van der Waals surface area (Å²) in [4.78, 5) is 13.0. The van der Waals surface area contributed by atoms with Crippen LogP contribution in [0.1, 0.15) is 5.01 Å². The van der Waals surface area contributed by atoms with Crippen molar-refractivity contribution in [1.29, 1.82) is 0 Å². The molecule has 0 amide bonds. The molecule has 0 saturated carbocycles. The molecule has 2 heterocycles. The summed E-state index contributed by atoms with van der Waals surface area (Å²) >= 11 is 1.59. The predicted molar refractivity (Wildman–Crippen MR) is 73.4 cm³/mol. The van der Waals surface area contributed by atoms with Gasteiger partial charge in [0.1, 0.15) is 5.01 Å². The normalized spacial score (nSPS) is 10.7. The lowest BCUT2D eigenvalue weighted by Gasteiger charge is -2.07. The van der Waals surface area contributed by atoms with Gasteiger partial charge in [0.2, 0.25) is 0 Å². The van der Waals surface area contributed by atoms with E-state index in [0.717, 1.165) is 16.0 Å². The lowest BCUT2D eigenvalue weighted by atomic mass is 10.3. The van der Waals surface area contributed by atoms with E-state index in [1.165, 1.54) is 0 Å². The lowest BCUT2D eigenvalue weighted by Crippen LogP contribution is -2.06. The summed E-state index contributed by atoms with van der Waals surface area (Å²) in [5, 5.41) is 6.08. The highest BCUT2D eigenvalue weighted by Gasteiger charge is 2.05. The SMILES string of the molecule is Nc1nc2ccccc2nc1NCc1nccs1. The zero-order valence-electron chi connectivity index (χ0n) is 9.50. The topological polar surface area (TPSA) is 76.7 Å². The molecule has 18 heavy (non-hydrogen) atoms. The van der Waals surface area contributed by atoms with E-state index in [2.05, 4.69) is 20.3 Å². The van der Waals surface area contributed by atoms with Gasteiger partial charge in [0.05, 0.1) is 17.6 Å². The first-order valence-corrected chi connectivity index (χ1v) is 6.35. The number of thiazole rings is 1. The fourth-order valence-electron chi connectivity index (χ4n) is 1.64. The van der Waals surface area contributed by atoms with Crippen molar-refractivity contribution in [2.75, 3.05) is 11.1 Å². The number of anilines is 2.